The highest BCUT2D eigenvalue weighted by Crippen LogP contribution is 2.31. The highest BCUT2D eigenvalue weighted by molar-refractivity contribution is 5.52. The van der Waals surface area contributed by atoms with Crippen LogP contribution >= 0.6 is 0 Å². The lowest BCUT2D eigenvalue weighted by atomic mass is 9.97. The van der Waals surface area contributed by atoms with Gasteiger partial charge in [-0.1, -0.05) is 19.1 Å². The zero-order valence-electron chi connectivity index (χ0n) is 12.0. The van der Waals surface area contributed by atoms with Crippen LogP contribution in [0.2, 0.25) is 0 Å². The third-order valence-corrected chi connectivity index (χ3v) is 3.43. The molecule has 0 heterocycles. The number of nitro groups is 1. The SMILES string of the molecule is CCc1cc(O)c([N+](=O)[O-])cc1Cc1ccc(OC)cc1. The van der Waals surface area contributed by atoms with Gasteiger partial charge in [-0.05, 0) is 47.7 Å². The summed E-state index contributed by atoms with van der Waals surface area (Å²) in [5.74, 6) is 0.487. The van der Waals surface area contributed by atoms with E-state index in [0.29, 0.717) is 12.8 Å². The van der Waals surface area contributed by atoms with Crippen LogP contribution in [0.1, 0.15) is 23.6 Å². The Morgan fingerprint density at radius 3 is 2.38 bits per heavy atom. The van der Waals surface area contributed by atoms with Crippen LogP contribution in [-0.2, 0) is 12.8 Å². The second-order valence-corrected chi connectivity index (χ2v) is 4.75. The molecule has 0 fully saturated rings. The van der Waals surface area contributed by atoms with Crippen LogP contribution in [0.4, 0.5) is 5.69 Å². The van der Waals surface area contributed by atoms with Crippen molar-refractivity contribution in [3.05, 3.63) is 63.2 Å². The summed E-state index contributed by atoms with van der Waals surface area (Å²) in [4.78, 5) is 10.4. The molecule has 5 heteroatoms. The van der Waals surface area contributed by atoms with Gasteiger partial charge in [-0.2, -0.15) is 0 Å². The molecule has 0 aliphatic rings. The second-order valence-electron chi connectivity index (χ2n) is 4.75. The quantitative estimate of drug-likeness (QED) is 0.675. The first kappa shape index (κ1) is 14.8. The second kappa shape index (κ2) is 6.26. The molecule has 0 aliphatic carbocycles. The van der Waals surface area contributed by atoms with Crippen molar-refractivity contribution in [1.82, 2.24) is 0 Å². The van der Waals surface area contributed by atoms with Crippen LogP contribution in [0.25, 0.3) is 0 Å². The summed E-state index contributed by atoms with van der Waals surface area (Å²) in [6, 6.07) is 10.5. The average molecular weight is 287 g/mol. The first-order chi connectivity index (χ1) is 10.0. The molecule has 110 valence electrons. The summed E-state index contributed by atoms with van der Waals surface area (Å²) in [6.45, 7) is 1.96. The lowest BCUT2D eigenvalue weighted by molar-refractivity contribution is -0.385. The number of aryl methyl sites for hydroxylation is 1. The maximum atomic E-state index is 10.9. The molecule has 0 aliphatic heterocycles. The molecule has 21 heavy (non-hydrogen) atoms. The molecule has 0 aromatic heterocycles. The maximum absolute atomic E-state index is 10.9. The van der Waals surface area contributed by atoms with E-state index in [0.717, 1.165) is 22.4 Å². The minimum Gasteiger partial charge on any atom is -0.502 e. The van der Waals surface area contributed by atoms with Crippen molar-refractivity contribution in [3.63, 3.8) is 0 Å². The molecule has 2 aromatic rings. The summed E-state index contributed by atoms with van der Waals surface area (Å²) < 4.78 is 5.11. The predicted molar refractivity (Wildman–Crippen MR) is 79.9 cm³/mol. The molecule has 1 N–H and O–H groups in total. The van der Waals surface area contributed by atoms with Gasteiger partial charge in [-0.15, -0.1) is 0 Å². The molecule has 0 saturated carbocycles. The number of aromatic hydroxyl groups is 1. The smallest absolute Gasteiger partial charge is 0.310 e. The lowest BCUT2D eigenvalue weighted by Gasteiger charge is -2.10. The molecule has 2 aromatic carbocycles. The van der Waals surface area contributed by atoms with E-state index in [-0.39, 0.29) is 11.4 Å². The summed E-state index contributed by atoms with van der Waals surface area (Å²) in [6.07, 6.45) is 1.28. The number of nitrogens with zero attached hydrogens (tertiary/aromatic N) is 1. The van der Waals surface area contributed by atoms with Gasteiger partial charge in [0, 0.05) is 6.07 Å². The summed E-state index contributed by atoms with van der Waals surface area (Å²) in [5.41, 5.74) is 2.54. The number of benzene rings is 2. The molecule has 0 radical (unpaired) electrons. The van der Waals surface area contributed by atoms with E-state index in [1.54, 1.807) is 7.11 Å². The number of methoxy groups -OCH3 is 1. The number of hydrogen-bond acceptors (Lipinski definition) is 4. The van der Waals surface area contributed by atoms with Crippen LogP contribution in [0, 0.1) is 10.1 Å². The minimum absolute atomic E-state index is 0.254. The molecular formula is C16H17NO4. The predicted octanol–water partition coefficient (Wildman–Crippen LogP) is 3.46. The topological polar surface area (TPSA) is 72.6 Å². The Kier molecular flexibility index (Phi) is 4.42. The first-order valence-corrected chi connectivity index (χ1v) is 6.67. The fourth-order valence-electron chi connectivity index (χ4n) is 2.27. The van der Waals surface area contributed by atoms with Crippen molar-refractivity contribution in [1.29, 1.82) is 0 Å². The van der Waals surface area contributed by atoms with Gasteiger partial charge >= 0.3 is 5.69 Å². The first-order valence-electron chi connectivity index (χ1n) is 6.67. The zero-order chi connectivity index (χ0) is 15.4. The van der Waals surface area contributed by atoms with Gasteiger partial charge in [0.2, 0.25) is 0 Å². The third-order valence-electron chi connectivity index (χ3n) is 3.43. The lowest BCUT2D eigenvalue weighted by Crippen LogP contribution is -1.98. The average Bonchev–Trinajstić information content (AvgIpc) is 2.49. The van der Waals surface area contributed by atoms with Crippen LogP contribution in [0.3, 0.4) is 0 Å². The normalized spacial score (nSPS) is 10.4. The van der Waals surface area contributed by atoms with Crippen molar-refractivity contribution < 1.29 is 14.8 Å². The fraction of sp³-hybridized carbons (Fsp3) is 0.250. The highest BCUT2D eigenvalue weighted by Gasteiger charge is 2.17. The standard InChI is InChI=1S/C16H17NO4/c1-3-12-10-16(18)15(17(19)20)9-13(12)8-11-4-6-14(21-2)7-5-11/h4-7,9-10,18H,3,8H2,1-2H3. The summed E-state index contributed by atoms with van der Waals surface area (Å²) in [5, 5.41) is 20.6. The van der Waals surface area contributed by atoms with E-state index < -0.39 is 4.92 Å². The number of phenolic OH excluding ortho intramolecular Hbond substituents is 1. The van der Waals surface area contributed by atoms with Crippen LogP contribution in [-0.4, -0.2) is 17.1 Å². The Balaban J connectivity index is 2.37. The molecule has 0 spiro atoms. The zero-order valence-corrected chi connectivity index (χ0v) is 12.0. The van der Waals surface area contributed by atoms with Gasteiger partial charge in [0.1, 0.15) is 5.75 Å². The molecular weight excluding hydrogens is 270 g/mol. The number of nitro benzene ring substituents is 1. The Bertz CT molecular complexity index is 650. The van der Waals surface area contributed by atoms with E-state index in [1.807, 2.05) is 31.2 Å². The molecule has 2 rings (SSSR count). The summed E-state index contributed by atoms with van der Waals surface area (Å²) in [7, 11) is 1.60. The molecule has 0 saturated heterocycles. The van der Waals surface area contributed by atoms with Gasteiger partial charge in [0.15, 0.2) is 5.75 Å². The minimum atomic E-state index is -0.563. The van der Waals surface area contributed by atoms with Gasteiger partial charge in [-0.3, -0.25) is 10.1 Å². The number of ether oxygens (including phenoxy) is 1. The van der Waals surface area contributed by atoms with E-state index in [2.05, 4.69) is 0 Å². The van der Waals surface area contributed by atoms with E-state index in [9.17, 15) is 15.2 Å². The third kappa shape index (κ3) is 3.31. The van der Waals surface area contributed by atoms with Gasteiger partial charge in [-0.25, -0.2) is 0 Å². The van der Waals surface area contributed by atoms with E-state index >= 15 is 0 Å². The number of phenols is 1. The van der Waals surface area contributed by atoms with Crippen molar-refractivity contribution in [2.75, 3.05) is 7.11 Å². The molecule has 0 atom stereocenters. The Morgan fingerprint density at radius 1 is 1.19 bits per heavy atom. The van der Waals surface area contributed by atoms with Gasteiger partial charge in [0.05, 0.1) is 12.0 Å². The molecule has 5 nitrogen and oxygen atoms in total. The van der Waals surface area contributed by atoms with Crippen LogP contribution in [0.5, 0.6) is 11.5 Å². The Hall–Kier alpha value is -2.56. The van der Waals surface area contributed by atoms with Crippen molar-refractivity contribution >= 4 is 5.69 Å². The Labute approximate surface area is 123 Å². The van der Waals surface area contributed by atoms with E-state index in [4.69, 9.17) is 4.74 Å². The molecule has 0 bridgehead atoms. The van der Waals surface area contributed by atoms with Crippen molar-refractivity contribution in [3.8, 4) is 11.5 Å². The van der Waals surface area contributed by atoms with Crippen LogP contribution < -0.4 is 4.74 Å². The monoisotopic (exact) mass is 287 g/mol. The molecule has 0 unspecified atom stereocenters. The van der Waals surface area contributed by atoms with Gasteiger partial charge < -0.3 is 9.84 Å². The highest BCUT2D eigenvalue weighted by atomic mass is 16.6. The van der Waals surface area contributed by atoms with E-state index in [1.165, 1.54) is 12.1 Å². The Morgan fingerprint density at radius 2 is 1.86 bits per heavy atom. The maximum Gasteiger partial charge on any atom is 0.310 e. The summed E-state index contributed by atoms with van der Waals surface area (Å²) >= 11 is 0. The van der Waals surface area contributed by atoms with Crippen molar-refractivity contribution in [2.24, 2.45) is 0 Å². The van der Waals surface area contributed by atoms with Crippen molar-refractivity contribution in [2.45, 2.75) is 19.8 Å². The number of rotatable bonds is 5. The largest absolute Gasteiger partial charge is 0.502 e. The number of hydrogen-bond donors (Lipinski definition) is 1. The van der Waals surface area contributed by atoms with Gasteiger partial charge in [0.25, 0.3) is 0 Å². The van der Waals surface area contributed by atoms with Crippen LogP contribution in [0.15, 0.2) is 36.4 Å². The fourth-order valence-corrected chi connectivity index (χ4v) is 2.27. The molecule has 0 amide bonds.